The number of carbonyl (C=O) groups excluding carboxylic acids is 1. The number of carbonyl (C=O) groups is 1. The van der Waals surface area contributed by atoms with E-state index in [9.17, 15) is 22.8 Å². The topological polar surface area (TPSA) is 81.4 Å². The lowest BCUT2D eigenvalue weighted by Gasteiger charge is -2.11. The Labute approximate surface area is 177 Å². The van der Waals surface area contributed by atoms with E-state index in [1.807, 2.05) is 19.1 Å². The van der Waals surface area contributed by atoms with Crippen molar-refractivity contribution in [3.05, 3.63) is 69.8 Å². The lowest BCUT2D eigenvalue weighted by atomic mass is 10.1. The molecule has 31 heavy (non-hydrogen) atoms. The molecule has 0 bridgehead atoms. The van der Waals surface area contributed by atoms with Crippen molar-refractivity contribution in [2.75, 3.05) is 6.61 Å². The quantitative estimate of drug-likeness (QED) is 0.455. The zero-order valence-corrected chi connectivity index (χ0v) is 17.3. The van der Waals surface area contributed by atoms with Crippen LogP contribution in [0.1, 0.15) is 36.7 Å². The number of rotatable bonds is 6. The standard InChI is InChI=1S/C12H12O2.C10H11F3N2O2/c1-3-9-4-5-10-8(2)6-12(13)14-11(10)7-9;1-7(15-6-16)9-3-2-8(4-14-9)17-5-10(11,12)13/h4-7H,3H2,1-2H3;2-4,6-7H,5H2,1H3,(H,15,16). The smallest absolute Gasteiger partial charge is 0.422 e. The molecule has 1 N–H and O–H groups in total. The highest BCUT2D eigenvalue weighted by atomic mass is 19.4. The van der Waals surface area contributed by atoms with Gasteiger partial charge < -0.3 is 14.5 Å². The summed E-state index contributed by atoms with van der Waals surface area (Å²) in [6.45, 7) is 4.35. The fourth-order valence-electron chi connectivity index (χ4n) is 2.68. The molecule has 0 fully saturated rings. The first-order valence-electron chi connectivity index (χ1n) is 9.51. The van der Waals surface area contributed by atoms with Crippen LogP contribution in [-0.4, -0.2) is 24.2 Å². The Morgan fingerprint density at radius 2 is 1.97 bits per heavy atom. The van der Waals surface area contributed by atoms with Crippen molar-refractivity contribution in [3.63, 3.8) is 0 Å². The predicted octanol–water partition coefficient (Wildman–Crippen LogP) is 4.49. The number of hydrogen-bond acceptors (Lipinski definition) is 5. The number of amides is 1. The van der Waals surface area contributed by atoms with Gasteiger partial charge in [0.25, 0.3) is 0 Å². The number of ether oxygens (including phenoxy) is 1. The number of nitrogens with one attached hydrogen (secondary N) is 1. The van der Waals surface area contributed by atoms with Crippen LogP contribution in [0.3, 0.4) is 0 Å². The molecule has 2 aromatic heterocycles. The number of halogens is 3. The first kappa shape index (κ1) is 23.9. The van der Waals surface area contributed by atoms with Gasteiger partial charge in [-0.15, -0.1) is 0 Å². The lowest BCUT2D eigenvalue weighted by molar-refractivity contribution is -0.153. The Kier molecular flexibility index (Phi) is 8.18. The van der Waals surface area contributed by atoms with E-state index in [4.69, 9.17) is 4.42 Å². The van der Waals surface area contributed by atoms with Gasteiger partial charge >= 0.3 is 11.8 Å². The highest BCUT2D eigenvalue weighted by Gasteiger charge is 2.28. The summed E-state index contributed by atoms with van der Waals surface area (Å²) in [5, 5.41) is 3.49. The molecule has 3 rings (SSSR count). The number of fused-ring (bicyclic) bond motifs is 1. The molecule has 0 aliphatic heterocycles. The van der Waals surface area contributed by atoms with Gasteiger partial charge in [0.1, 0.15) is 11.3 Å². The lowest BCUT2D eigenvalue weighted by Crippen LogP contribution is -2.20. The molecule has 0 aliphatic rings. The van der Waals surface area contributed by atoms with Crippen LogP contribution < -0.4 is 15.7 Å². The van der Waals surface area contributed by atoms with Gasteiger partial charge in [0.2, 0.25) is 6.41 Å². The van der Waals surface area contributed by atoms with Crippen LogP contribution in [0, 0.1) is 6.92 Å². The SMILES string of the molecule is CC(NC=O)c1ccc(OCC(F)(F)F)cn1.CCc1ccc2c(C)cc(=O)oc2c1. The fraction of sp³-hybridized carbons (Fsp3) is 0.318. The van der Waals surface area contributed by atoms with Gasteiger partial charge in [-0.3, -0.25) is 9.78 Å². The number of aromatic nitrogens is 1. The summed E-state index contributed by atoms with van der Waals surface area (Å²) >= 11 is 0. The first-order chi connectivity index (χ1) is 14.6. The van der Waals surface area contributed by atoms with Gasteiger partial charge in [-0.05, 0) is 49.6 Å². The van der Waals surface area contributed by atoms with E-state index in [0.717, 1.165) is 17.4 Å². The van der Waals surface area contributed by atoms with E-state index in [-0.39, 0.29) is 17.4 Å². The molecule has 1 atom stereocenters. The number of aryl methyl sites for hydroxylation is 2. The third-order valence-electron chi connectivity index (χ3n) is 4.35. The number of alkyl halides is 3. The van der Waals surface area contributed by atoms with E-state index in [2.05, 4.69) is 28.0 Å². The predicted molar refractivity (Wildman–Crippen MR) is 110 cm³/mol. The Balaban J connectivity index is 0.000000224. The van der Waals surface area contributed by atoms with Gasteiger partial charge in [-0.1, -0.05) is 19.1 Å². The van der Waals surface area contributed by atoms with Crippen LogP contribution in [0.25, 0.3) is 11.0 Å². The monoisotopic (exact) mass is 436 g/mol. The molecule has 0 aliphatic carbocycles. The van der Waals surface area contributed by atoms with E-state index < -0.39 is 12.8 Å². The maximum Gasteiger partial charge on any atom is 0.422 e. The van der Waals surface area contributed by atoms with Gasteiger partial charge in [0, 0.05) is 11.5 Å². The molecule has 6 nitrogen and oxygen atoms in total. The molecule has 2 heterocycles. The van der Waals surface area contributed by atoms with Crippen molar-refractivity contribution in [2.45, 2.75) is 39.4 Å². The molecule has 1 unspecified atom stereocenters. The number of hydrogen-bond donors (Lipinski definition) is 1. The van der Waals surface area contributed by atoms with Crippen LogP contribution in [-0.2, 0) is 11.2 Å². The Hall–Kier alpha value is -3.36. The van der Waals surface area contributed by atoms with Crippen molar-refractivity contribution in [2.24, 2.45) is 0 Å². The van der Waals surface area contributed by atoms with Crippen LogP contribution in [0.4, 0.5) is 13.2 Å². The average molecular weight is 436 g/mol. The molecular weight excluding hydrogens is 413 g/mol. The summed E-state index contributed by atoms with van der Waals surface area (Å²) in [6, 6.07) is 10.1. The number of pyridine rings is 1. The minimum Gasteiger partial charge on any atom is -0.483 e. The normalized spacial score (nSPS) is 11.9. The van der Waals surface area contributed by atoms with Gasteiger partial charge in [-0.2, -0.15) is 13.2 Å². The summed E-state index contributed by atoms with van der Waals surface area (Å²) in [5.41, 5.74) is 3.11. The second-order valence-corrected chi connectivity index (χ2v) is 6.76. The van der Waals surface area contributed by atoms with E-state index in [0.29, 0.717) is 17.7 Å². The maximum absolute atomic E-state index is 11.9. The first-order valence-corrected chi connectivity index (χ1v) is 9.51. The highest BCUT2D eigenvalue weighted by molar-refractivity contribution is 5.80. The van der Waals surface area contributed by atoms with E-state index in [1.165, 1.54) is 30.0 Å². The Morgan fingerprint density at radius 3 is 2.55 bits per heavy atom. The molecule has 3 aromatic rings. The maximum atomic E-state index is 11.9. The molecular formula is C22H23F3N2O4. The van der Waals surface area contributed by atoms with E-state index >= 15 is 0 Å². The molecule has 0 saturated carbocycles. The molecule has 166 valence electrons. The molecule has 1 aromatic carbocycles. The molecule has 0 saturated heterocycles. The van der Waals surface area contributed by atoms with Crippen LogP contribution in [0.15, 0.2) is 51.8 Å². The molecule has 1 amide bonds. The van der Waals surface area contributed by atoms with Crippen molar-refractivity contribution >= 4 is 17.4 Å². The Morgan fingerprint density at radius 1 is 1.23 bits per heavy atom. The zero-order chi connectivity index (χ0) is 23.0. The van der Waals surface area contributed by atoms with Gasteiger partial charge in [-0.25, -0.2) is 4.79 Å². The van der Waals surface area contributed by atoms with Gasteiger partial charge in [0.05, 0.1) is 17.9 Å². The van der Waals surface area contributed by atoms with Crippen LogP contribution in [0.5, 0.6) is 5.75 Å². The summed E-state index contributed by atoms with van der Waals surface area (Å²) in [7, 11) is 0. The van der Waals surface area contributed by atoms with Crippen LogP contribution in [0.2, 0.25) is 0 Å². The largest absolute Gasteiger partial charge is 0.483 e. The number of benzene rings is 1. The van der Waals surface area contributed by atoms with Crippen molar-refractivity contribution < 1.29 is 27.1 Å². The summed E-state index contributed by atoms with van der Waals surface area (Å²) in [4.78, 5) is 25.2. The van der Waals surface area contributed by atoms with Gasteiger partial charge in [0.15, 0.2) is 6.61 Å². The summed E-state index contributed by atoms with van der Waals surface area (Å²) < 4.78 is 45.2. The third kappa shape index (κ3) is 7.44. The fourth-order valence-corrected chi connectivity index (χ4v) is 2.68. The zero-order valence-electron chi connectivity index (χ0n) is 17.3. The molecule has 0 spiro atoms. The summed E-state index contributed by atoms with van der Waals surface area (Å²) in [5.74, 6) is 0.0318. The minimum atomic E-state index is -4.37. The van der Waals surface area contributed by atoms with E-state index in [1.54, 1.807) is 6.92 Å². The van der Waals surface area contributed by atoms with Crippen LogP contribution >= 0.6 is 0 Å². The van der Waals surface area contributed by atoms with Crippen molar-refractivity contribution in [1.29, 1.82) is 0 Å². The number of nitrogens with zero attached hydrogens (tertiary/aromatic N) is 1. The average Bonchev–Trinajstić information content (AvgIpc) is 2.72. The second-order valence-electron chi connectivity index (χ2n) is 6.76. The summed E-state index contributed by atoms with van der Waals surface area (Å²) in [6.07, 6.45) is -1.71. The minimum absolute atomic E-state index is 0.0318. The molecule has 0 radical (unpaired) electrons. The third-order valence-corrected chi connectivity index (χ3v) is 4.35. The molecule has 9 heteroatoms. The Bertz CT molecular complexity index is 1060. The van der Waals surface area contributed by atoms with Crippen molar-refractivity contribution in [1.82, 2.24) is 10.3 Å². The van der Waals surface area contributed by atoms with Crippen molar-refractivity contribution in [3.8, 4) is 5.75 Å². The highest BCUT2D eigenvalue weighted by Crippen LogP contribution is 2.19. The second kappa shape index (κ2) is 10.6.